The maximum atomic E-state index is 13.8. The van der Waals surface area contributed by atoms with Crippen LogP contribution in [0, 0.1) is 17.5 Å². The standard InChI is InChI=1S/C17H14F3N3O2/c18-11-5-6-14(13(20)9-11)21-16(24)10-22-7-8-23(17(22)25)15-4-2-1-3-12(15)19/h1-6,9H,7-8,10H2,(H,21,24). The van der Waals surface area contributed by atoms with Crippen LogP contribution in [0.15, 0.2) is 42.5 Å². The molecule has 5 nitrogen and oxygen atoms in total. The molecule has 1 heterocycles. The summed E-state index contributed by atoms with van der Waals surface area (Å²) in [6, 6.07) is 8.09. The number of hydrogen-bond donors (Lipinski definition) is 1. The monoisotopic (exact) mass is 349 g/mol. The zero-order valence-electron chi connectivity index (χ0n) is 13.0. The zero-order valence-corrected chi connectivity index (χ0v) is 13.0. The number of amides is 3. The fourth-order valence-electron chi connectivity index (χ4n) is 2.58. The lowest BCUT2D eigenvalue weighted by molar-refractivity contribution is -0.116. The quantitative estimate of drug-likeness (QED) is 0.923. The predicted octanol–water partition coefficient (Wildman–Crippen LogP) is 2.98. The van der Waals surface area contributed by atoms with E-state index in [2.05, 4.69) is 5.32 Å². The molecule has 2 aromatic carbocycles. The highest BCUT2D eigenvalue weighted by Crippen LogP contribution is 2.23. The van der Waals surface area contributed by atoms with Crippen molar-refractivity contribution in [3.8, 4) is 0 Å². The van der Waals surface area contributed by atoms with Crippen molar-refractivity contribution in [1.29, 1.82) is 0 Å². The van der Waals surface area contributed by atoms with Gasteiger partial charge in [0.15, 0.2) is 0 Å². The Morgan fingerprint density at radius 2 is 1.80 bits per heavy atom. The molecule has 1 aliphatic heterocycles. The van der Waals surface area contributed by atoms with Gasteiger partial charge in [-0.3, -0.25) is 9.69 Å². The van der Waals surface area contributed by atoms with Gasteiger partial charge in [0.05, 0.1) is 11.4 Å². The average Bonchev–Trinajstić information content (AvgIpc) is 2.91. The van der Waals surface area contributed by atoms with E-state index in [1.165, 1.54) is 28.0 Å². The summed E-state index contributed by atoms with van der Waals surface area (Å²) in [4.78, 5) is 26.8. The van der Waals surface area contributed by atoms with Gasteiger partial charge in [0.2, 0.25) is 5.91 Å². The zero-order chi connectivity index (χ0) is 18.0. The first-order chi connectivity index (χ1) is 12.0. The van der Waals surface area contributed by atoms with Crippen LogP contribution in [0.5, 0.6) is 0 Å². The van der Waals surface area contributed by atoms with Gasteiger partial charge in [-0.15, -0.1) is 0 Å². The molecular weight excluding hydrogens is 335 g/mol. The Hall–Kier alpha value is -3.03. The average molecular weight is 349 g/mol. The second kappa shape index (κ2) is 6.84. The molecule has 8 heteroatoms. The fourth-order valence-corrected chi connectivity index (χ4v) is 2.58. The van der Waals surface area contributed by atoms with Gasteiger partial charge >= 0.3 is 6.03 Å². The molecule has 25 heavy (non-hydrogen) atoms. The summed E-state index contributed by atoms with van der Waals surface area (Å²) < 4.78 is 40.2. The lowest BCUT2D eigenvalue weighted by atomic mass is 10.3. The van der Waals surface area contributed by atoms with Gasteiger partial charge in [-0.05, 0) is 24.3 Å². The largest absolute Gasteiger partial charge is 0.325 e. The Bertz CT molecular complexity index is 829. The van der Waals surface area contributed by atoms with Gasteiger partial charge in [0.25, 0.3) is 0 Å². The van der Waals surface area contributed by atoms with Crippen LogP contribution >= 0.6 is 0 Å². The lowest BCUT2D eigenvalue weighted by Crippen LogP contribution is -2.37. The summed E-state index contributed by atoms with van der Waals surface area (Å²) >= 11 is 0. The Kier molecular flexibility index (Phi) is 4.60. The Morgan fingerprint density at radius 1 is 1.04 bits per heavy atom. The van der Waals surface area contributed by atoms with Crippen LogP contribution in [-0.4, -0.2) is 36.5 Å². The summed E-state index contributed by atoms with van der Waals surface area (Å²) in [5, 5.41) is 2.28. The van der Waals surface area contributed by atoms with E-state index in [0.29, 0.717) is 6.07 Å². The second-order valence-corrected chi connectivity index (χ2v) is 5.48. The van der Waals surface area contributed by atoms with E-state index in [9.17, 15) is 22.8 Å². The number of halogens is 3. The number of carbonyl (C=O) groups is 2. The van der Waals surface area contributed by atoms with E-state index in [0.717, 1.165) is 12.1 Å². The van der Waals surface area contributed by atoms with Crippen molar-refractivity contribution in [2.45, 2.75) is 0 Å². The molecule has 1 fully saturated rings. The molecule has 0 saturated carbocycles. The van der Waals surface area contributed by atoms with Crippen LogP contribution in [-0.2, 0) is 4.79 Å². The topological polar surface area (TPSA) is 52.7 Å². The Labute approximate surface area is 141 Å². The highest BCUT2D eigenvalue weighted by molar-refractivity contribution is 5.99. The van der Waals surface area contributed by atoms with Crippen LogP contribution in [0.2, 0.25) is 0 Å². The number of urea groups is 1. The van der Waals surface area contributed by atoms with Gasteiger partial charge in [0, 0.05) is 19.2 Å². The maximum Gasteiger partial charge on any atom is 0.325 e. The van der Waals surface area contributed by atoms with E-state index in [4.69, 9.17) is 0 Å². The fraction of sp³-hybridized carbons (Fsp3) is 0.176. The Balaban J connectivity index is 1.65. The minimum absolute atomic E-state index is 0.139. The third-order valence-electron chi connectivity index (χ3n) is 3.78. The molecule has 0 bridgehead atoms. The van der Waals surface area contributed by atoms with Crippen LogP contribution in [0.1, 0.15) is 0 Å². The molecule has 2 aromatic rings. The maximum absolute atomic E-state index is 13.8. The molecule has 3 rings (SSSR count). The third kappa shape index (κ3) is 3.57. The van der Waals surface area contributed by atoms with Crippen molar-refractivity contribution in [2.75, 3.05) is 29.9 Å². The first-order valence-corrected chi connectivity index (χ1v) is 7.51. The predicted molar refractivity (Wildman–Crippen MR) is 85.7 cm³/mol. The number of carbonyl (C=O) groups excluding carboxylic acids is 2. The molecule has 3 amide bonds. The summed E-state index contributed by atoms with van der Waals surface area (Å²) in [6.07, 6.45) is 0. The molecule has 0 atom stereocenters. The van der Waals surface area contributed by atoms with Crippen molar-refractivity contribution >= 4 is 23.3 Å². The minimum atomic E-state index is -0.908. The highest BCUT2D eigenvalue weighted by Gasteiger charge is 2.32. The number of rotatable bonds is 4. The molecule has 1 saturated heterocycles. The van der Waals surface area contributed by atoms with Crippen molar-refractivity contribution in [3.05, 3.63) is 59.9 Å². The van der Waals surface area contributed by atoms with Crippen LogP contribution < -0.4 is 10.2 Å². The van der Waals surface area contributed by atoms with Crippen molar-refractivity contribution in [2.24, 2.45) is 0 Å². The molecule has 0 aliphatic carbocycles. The molecule has 0 radical (unpaired) electrons. The minimum Gasteiger partial charge on any atom is -0.322 e. The molecule has 0 unspecified atom stereocenters. The van der Waals surface area contributed by atoms with E-state index in [1.807, 2.05) is 0 Å². The molecule has 1 aliphatic rings. The second-order valence-electron chi connectivity index (χ2n) is 5.48. The molecule has 1 N–H and O–H groups in total. The van der Waals surface area contributed by atoms with Gasteiger partial charge in [0.1, 0.15) is 24.0 Å². The van der Waals surface area contributed by atoms with Crippen molar-refractivity contribution in [3.63, 3.8) is 0 Å². The first kappa shape index (κ1) is 16.8. The smallest absolute Gasteiger partial charge is 0.322 e. The van der Waals surface area contributed by atoms with Crippen molar-refractivity contribution in [1.82, 2.24) is 4.90 Å². The van der Waals surface area contributed by atoms with E-state index < -0.39 is 29.4 Å². The normalized spacial score (nSPS) is 14.1. The molecule has 0 aromatic heterocycles. The number of nitrogens with one attached hydrogen (secondary N) is 1. The number of anilines is 2. The van der Waals surface area contributed by atoms with Crippen LogP contribution in [0.25, 0.3) is 0 Å². The first-order valence-electron chi connectivity index (χ1n) is 7.51. The molecule has 0 spiro atoms. The number of hydrogen-bond acceptors (Lipinski definition) is 2. The van der Waals surface area contributed by atoms with Crippen LogP contribution in [0.3, 0.4) is 0 Å². The number of nitrogens with zero attached hydrogens (tertiary/aromatic N) is 2. The molecule has 130 valence electrons. The number of para-hydroxylation sites is 1. The van der Waals surface area contributed by atoms with E-state index in [-0.39, 0.29) is 31.0 Å². The van der Waals surface area contributed by atoms with E-state index in [1.54, 1.807) is 6.07 Å². The summed E-state index contributed by atoms with van der Waals surface area (Å²) in [5.41, 5.74) is -0.0380. The lowest BCUT2D eigenvalue weighted by Gasteiger charge is -2.19. The van der Waals surface area contributed by atoms with Gasteiger partial charge in [-0.25, -0.2) is 18.0 Å². The highest BCUT2D eigenvalue weighted by atomic mass is 19.1. The Morgan fingerprint density at radius 3 is 2.52 bits per heavy atom. The summed E-state index contributed by atoms with van der Waals surface area (Å²) in [6.45, 7) is 0.144. The van der Waals surface area contributed by atoms with E-state index >= 15 is 0 Å². The number of benzene rings is 2. The third-order valence-corrected chi connectivity index (χ3v) is 3.78. The van der Waals surface area contributed by atoms with Gasteiger partial charge < -0.3 is 10.2 Å². The van der Waals surface area contributed by atoms with Crippen molar-refractivity contribution < 1.29 is 22.8 Å². The SMILES string of the molecule is O=C(CN1CCN(c2ccccc2F)C1=O)Nc1ccc(F)cc1F. The summed E-state index contributed by atoms with van der Waals surface area (Å²) in [5.74, 6) is -2.83. The summed E-state index contributed by atoms with van der Waals surface area (Å²) in [7, 11) is 0. The van der Waals surface area contributed by atoms with Crippen LogP contribution in [0.4, 0.5) is 29.3 Å². The van der Waals surface area contributed by atoms with Gasteiger partial charge in [-0.2, -0.15) is 0 Å². The van der Waals surface area contributed by atoms with Gasteiger partial charge in [-0.1, -0.05) is 12.1 Å². The molecular formula is C17H14F3N3O2.